The molecule has 7 aromatic rings. The molecule has 0 unspecified atom stereocenters. The predicted octanol–water partition coefficient (Wildman–Crippen LogP) is 8.10. The van der Waals surface area contributed by atoms with Gasteiger partial charge in [0.05, 0.1) is 48.7 Å². The number of aryl methyl sites for hydroxylation is 5. The Bertz CT molecular complexity index is 2760. The molecule has 0 radical (unpaired) electrons. The number of benzene rings is 2. The zero-order chi connectivity index (χ0) is 40.7. The standard InChI is InChI=1S/C19H20N4O3.C17H19N3O4.2CH4.S6/c1-5-6-15-21-18-17(19(24)22-15)11-8-14(25-4)12(7-13(11)20-18)16-9(2)23-26-10(16)3;1-5-23-17(21)15-10-7-13(22-4)11(6-12(10)19-16(15)18)14-8(2)20-24-9(14)3;;;1-3-5-6-4-2/h7-8H,5-6H2,1-4H3,(H2,20,21,22,24);6-7,19H,5,18H2,1-4H3;2*1H4;. The number of carbonyl (C=O) groups excluding carboxylic acids is 1. The Hall–Kier alpha value is -4.73. The predicted molar refractivity (Wildman–Crippen MR) is 248 cm³/mol. The lowest BCUT2D eigenvalue weighted by Crippen LogP contribution is -2.11. The van der Waals surface area contributed by atoms with Crippen LogP contribution in [-0.2, 0) is 69.1 Å². The van der Waals surface area contributed by atoms with Gasteiger partial charge in [-0.3, -0.25) is 4.79 Å². The molecule has 0 bridgehead atoms. The number of methoxy groups -OCH3 is 2. The Morgan fingerprint density at radius 1 is 0.810 bits per heavy atom. The first-order valence-electron chi connectivity index (χ1n) is 17.0. The number of hydrogen-bond donors (Lipinski definition) is 4. The monoisotopic (exact) mass is 905 g/mol. The van der Waals surface area contributed by atoms with E-state index in [4.69, 9.17) is 29.0 Å². The van der Waals surface area contributed by atoms with E-state index in [9.17, 15) is 9.59 Å². The Labute approximate surface area is 357 Å². The van der Waals surface area contributed by atoms with Crippen molar-refractivity contribution >= 4 is 103 Å². The number of nitrogens with zero attached hydrogens (tertiary/aromatic N) is 3. The molecule has 0 spiro atoms. The maximum absolute atomic E-state index is 12.6. The number of fused-ring (bicyclic) bond motifs is 4. The SMILES string of the molecule is C.C.CCCc1nc2[nH]c3cc(-c4c(C)noc4C)c(OC)cc3c2c(=O)[nH]1.CCOC(=O)c1c(N)[nH]c2cc(-c3c(C)noc3C)c(OC)cc12.S=S=S=S=S=S. The molecule has 0 fully saturated rings. The first kappa shape index (κ1) is 47.6. The molecule has 0 amide bonds. The second kappa shape index (κ2) is 21.3. The van der Waals surface area contributed by atoms with Crippen LogP contribution in [0.4, 0.5) is 5.82 Å². The third-order valence-corrected chi connectivity index (χ3v) is 15.3. The summed E-state index contributed by atoms with van der Waals surface area (Å²) in [6, 6.07) is 7.47. The topological polar surface area (TPSA) is 200 Å². The van der Waals surface area contributed by atoms with Gasteiger partial charge in [0.2, 0.25) is 0 Å². The molecule has 7 rings (SSSR count). The molecule has 0 aliphatic rings. The van der Waals surface area contributed by atoms with E-state index >= 15 is 0 Å². The third kappa shape index (κ3) is 9.92. The molecule has 0 saturated heterocycles. The summed E-state index contributed by atoms with van der Waals surface area (Å²) in [6.45, 7) is 11.5. The van der Waals surface area contributed by atoms with Crippen molar-refractivity contribution in [2.75, 3.05) is 26.6 Å². The van der Waals surface area contributed by atoms with Crippen LogP contribution < -0.4 is 20.8 Å². The van der Waals surface area contributed by atoms with Gasteiger partial charge >= 0.3 is 5.97 Å². The van der Waals surface area contributed by atoms with Crippen LogP contribution in [0.3, 0.4) is 0 Å². The quantitative estimate of drug-likeness (QED) is 0.107. The summed E-state index contributed by atoms with van der Waals surface area (Å²) < 4.78 is 26.7. The molecular formula is C38H47N7O7S6. The maximum atomic E-state index is 12.6. The first-order chi connectivity index (χ1) is 26.9. The first-order valence-corrected chi connectivity index (χ1v) is 23.7. The highest BCUT2D eigenvalue weighted by atomic mass is 33.3. The lowest BCUT2D eigenvalue weighted by molar-refractivity contribution is 0.0530. The van der Waals surface area contributed by atoms with Gasteiger partial charge in [0, 0.05) is 97.3 Å². The van der Waals surface area contributed by atoms with Gasteiger partial charge in [0.1, 0.15) is 45.9 Å². The summed E-state index contributed by atoms with van der Waals surface area (Å²) >= 11 is 9.03. The molecular weight excluding hydrogens is 859 g/mol. The average molecular weight is 906 g/mol. The van der Waals surface area contributed by atoms with Crippen molar-refractivity contribution in [3.05, 3.63) is 68.9 Å². The number of carbonyl (C=O) groups is 1. The number of rotatable bonds is 8. The molecule has 5 aromatic heterocycles. The highest BCUT2D eigenvalue weighted by molar-refractivity contribution is 8.64. The number of aromatic amines is 3. The van der Waals surface area contributed by atoms with Gasteiger partial charge in [0.15, 0.2) is 0 Å². The minimum absolute atomic E-state index is 0. The molecule has 0 atom stereocenters. The van der Waals surface area contributed by atoms with Crippen LogP contribution in [0.2, 0.25) is 0 Å². The Kier molecular flexibility index (Phi) is 17.5. The van der Waals surface area contributed by atoms with Crippen molar-refractivity contribution in [1.82, 2.24) is 30.2 Å². The Morgan fingerprint density at radius 2 is 1.33 bits per heavy atom. The van der Waals surface area contributed by atoms with Gasteiger partial charge < -0.3 is 43.9 Å². The minimum Gasteiger partial charge on any atom is -0.496 e. The van der Waals surface area contributed by atoms with Crippen LogP contribution in [0.15, 0.2) is 38.1 Å². The molecule has 14 nitrogen and oxygen atoms in total. The Morgan fingerprint density at radius 3 is 1.78 bits per heavy atom. The molecule has 20 heteroatoms. The van der Waals surface area contributed by atoms with Crippen molar-refractivity contribution in [3.8, 4) is 33.8 Å². The molecule has 2 aromatic carbocycles. The number of H-pyrrole nitrogens is 3. The van der Waals surface area contributed by atoms with E-state index in [1.807, 2.05) is 45.9 Å². The number of esters is 1. The van der Waals surface area contributed by atoms with E-state index in [-0.39, 0.29) is 32.8 Å². The number of nitrogen functional groups attached to an aromatic ring is 1. The number of anilines is 1. The van der Waals surface area contributed by atoms with E-state index in [2.05, 4.69) is 59.5 Å². The van der Waals surface area contributed by atoms with Crippen molar-refractivity contribution in [3.63, 3.8) is 0 Å². The van der Waals surface area contributed by atoms with Crippen LogP contribution in [0.5, 0.6) is 11.5 Å². The van der Waals surface area contributed by atoms with Gasteiger partial charge in [-0.2, -0.15) is 0 Å². The summed E-state index contributed by atoms with van der Waals surface area (Å²) in [5.41, 5.74) is 13.3. The van der Waals surface area contributed by atoms with Gasteiger partial charge in [-0.15, -0.1) is 0 Å². The van der Waals surface area contributed by atoms with Crippen LogP contribution in [0.25, 0.3) is 55.1 Å². The maximum Gasteiger partial charge on any atom is 0.342 e. The fourth-order valence-corrected chi connectivity index (χ4v) is 11.9. The molecule has 58 heavy (non-hydrogen) atoms. The van der Waals surface area contributed by atoms with Gasteiger partial charge in [-0.25, -0.2) is 9.78 Å². The zero-order valence-electron chi connectivity index (χ0n) is 31.7. The van der Waals surface area contributed by atoms with Crippen LogP contribution in [0.1, 0.15) is 74.2 Å². The van der Waals surface area contributed by atoms with Crippen LogP contribution in [0, 0.1) is 27.7 Å². The summed E-state index contributed by atoms with van der Waals surface area (Å²) in [4.78, 5) is 38.5. The molecule has 0 aliphatic heterocycles. The number of nitrogens with one attached hydrogen (secondary N) is 3. The van der Waals surface area contributed by atoms with E-state index in [0.717, 1.165) is 63.1 Å². The highest BCUT2D eigenvalue weighted by Crippen LogP contribution is 2.40. The second-order valence-corrected chi connectivity index (χ2v) is 19.2. The molecule has 5 N–H and O–H groups in total. The van der Waals surface area contributed by atoms with E-state index in [0.29, 0.717) is 50.6 Å². The fourth-order valence-electron chi connectivity index (χ4n) is 6.39. The van der Waals surface area contributed by atoms with Gasteiger partial charge in [0.25, 0.3) is 5.56 Å². The van der Waals surface area contributed by atoms with Crippen LogP contribution >= 0.6 is 0 Å². The van der Waals surface area contributed by atoms with Crippen molar-refractivity contribution < 1.29 is 28.1 Å². The second-order valence-electron chi connectivity index (χ2n) is 12.1. The number of hydrogen-bond acceptors (Lipinski definition) is 13. The lowest BCUT2D eigenvalue weighted by Gasteiger charge is -2.09. The highest BCUT2D eigenvalue weighted by Gasteiger charge is 2.23. The zero-order valence-corrected chi connectivity index (χ0v) is 36.6. The van der Waals surface area contributed by atoms with Crippen molar-refractivity contribution in [2.24, 2.45) is 0 Å². The van der Waals surface area contributed by atoms with E-state index in [1.54, 1.807) is 27.2 Å². The molecule has 0 aliphatic carbocycles. The van der Waals surface area contributed by atoms with Crippen molar-refractivity contribution in [1.29, 1.82) is 0 Å². The molecule has 0 saturated carbocycles. The summed E-state index contributed by atoms with van der Waals surface area (Å²) in [7, 11) is 8.82. The van der Waals surface area contributed by atoms with E-state index in [1.165, 1.54) is 35.5 Å². The summed E-state index contributed by atoms with van der Waals surface area (Å²) in [5.74, 6) is 3.16. The normalized spacial score (nSPS) is 10.3. The average Bonchev–Trinajstić information content (AvgIpc) is 3.91. The largest absolute Gasteiger partial charge is 0.496 e. The van der Waals surface area contributed by atoms with Gasteiger partial charge in [-0.1, -0.05) is 32.1 Å². The van der Waals surface area contributed by atoms with Crippen molar-refractivity contribution in [2.45, 2.75) is 69.2 Å². The third-order valence-electron chi connectivity index (χ3n) is 8.63. The lowest BCUT2D eigenvalue weighted by atomic mass is 10.0. The van der Waals surface area contributed by atoms with E-state index < -0.39 is 5.97 Å². The van der Waals surface area contributed by atoms with Gasteiger partial charge in [-0.05, 0) is 65.3 Å². The number of ether oxygens (including phenoxy) is 3. The molecule has 5 heterocycles. The number of aromatic nitrogens is 6. The molecule has 312 valence electrons. The summed E-state index contributed by atoms with van der Waals surface area (Å²) in [6.07, 6.45) is 1.65. The van der Waals surface area contributed by atoms with Crippen LogP contribution in [-0.4, -0.2) is 57.0 Å². The summed E-state index contributed by atoms with van der Waals surface area (Å²) in [5, 5.41) is 9.99. The Balaban J connectivity index is 0.000000265. The fraction of sp³-hybridized carbons (Fsp3) is 0.342. The minimum atomic E-state index is -0.464. The smallest absolute Gasteiger partial charge is 0.342 e. The number of nitrogens with two attached hydrogens (primary N) is 1.